The number of unbranched alkanes of at least 4 members (excludes halogenated alkanes) is 1. The number of halogens is 1. The van der Waals surface area contributed by atoms with E-state index in [2.05, 4.69) is 5.32 Å². The van der Waals surface area contributed by atoms with E-state index in [0.717, 1.165) is 18.4 Å². The fourth-order valence-electron chi connectivity index (χ4n) is 3.96. The van der Waals surface area contributed by atoms with Crippen molar-refractivity contribution < 1.29 is 13.9 Å². The van der Waals surface area contributed by atoms with Gasteiger partial charge in [-0.05, 0) is 56.0 Å². The summed E-state index contributed by atoms with van der Waals surface area (Å²) in [5, 5.41) is 13.1. The van der Waals surface area contributed by atoms with Crippen LogP contribution >= 0.6 is 24.0 Å². The molecule has 0 aliphatic carbocycles. The fourth-order valence-corrected chi connectivity index (χ4v) is 5.25. The van der Waals surface area contributed by atoms with Gasteiger partial charge in [0.15, 0.2) is 0 Å². The zero-order valence-corrected chi connectivity index (χ0v) is 22.9. The molecule has 37 heavy (non-hydrogen) atoms. The van der Waals surface area contributed by atoms with Crippen LogP contribution in [0.2, 0.25) is 0 Å². The summed E-state index contributed by atoms with van der Waals surface area (Å²) in [6.07, 6.45) is 3.97. The Labute approximate surface area is 226 Å². The van der Waals surface area contributed by atoms with Gasteiger partial charge in [0.05, 0.1) is 4.91 Å². The van der Waals surface area contributed by atoms with Crippen LogP contribution in [0.5, 0.6) is 0 Å². The van der Waals surface area contributed by atoms with Crippen LogP contribution in [0.25, 0.3) is 6.08 Å². The summed E-state index contributed by atoms with van der Waals surface area (Å²) < 4.78 is 20.8. The lowest BCUT2D eigenvalue weighted by molar-refractivity contribution is -0.122. The molecule has 3 rings (SSSR count). The summed E-state index contributed by atoms with van der Waals surface area (Å²) in [5.41, 5.74) is 1.56. The topological polar surface area (TPSA) is 87.4 Å². The van der Waals surface area contributed by atoms with Crippen LogP contribution in [0.1, 0.15) is 55.4 Å². The van der Waals surface area contributed by atoms with Gasteiger partial charge in [-0.15, -0.1) is 0 Å². The smallest absolute Gasteiger partial charge is 0.270 e. The first kappa shape index (κ1) is 28.6. The van der Waals surface area contributed by atoms with Crippen molar-refractivity contribution in [2.24, 2.45) is 0 Å². The SMILES string of the molecule is CCCCn1c(NCc2ccc(F)cc2)c(/C=C2/SC(=S)N(CCCOCC)C2=O)c(C)c(C#N)c1=O. The van der Waals surface area contributed by atoms with E-state index in [1.54, 1.807) is 34.6 Å². The molecule has 0 radical (unpaired) electrons. The first-order chi connectivity index (χ1) is 17.8. The van der Waals surface area contributed by atoms with Crippen molar-refractivity contribution in [2.75, 3.05) is 25.1 Å². The molecule has 1 aromatic heterocycles. The summed E-state index contributed by atoms with van der Waals surface area (Å²) in [6.45, 7) is 8.00. The number of anilines is 1. The molecule has 0 unspecified atom stereocenters. The minimum Gasteiger partial charge on any atom is -0.382 e. The quantitative estimate of drug-likeness (QED) is 0.224. The van der Waals surface area contributed by atoms with Gasteiger partial charge in [-0.2, -0.15) is 5.26 Å². The Bertz CT molecular complexity index is 1280. The molecule has 1 aromatic carbocycles. The van der Waals surface area contributed by atoms with Gasteiger partial charge >= 0.3 is 0 Å². The van der Waals surface area contributed by atoms with Crippen LogP contribution in [0.4, 0.5) is 10.2 Å². The molecular weight excluding hydrogens is 511 g/mol. The highest BCUT2D eigenvalue weighted by Crippen LogP contribution is 2.35. The number of thiocarbonyl (C=S) groups is 1. The van der Waals surface area contributed by atoms with Crippen molar-refractivity contribution in [3.05, 3.63) is 67.6 Å². The van der Waals surface area contributed by atoms with Crippen LogP contribution in [-0.2, 0) is 22.6 Å². The number of hydrogen-bond acceptors (Lipinski definition) is 7. The average molecular weight is 543 g/mol. The molecule has 1 aliphatic heterocycles. The number of amides is 1. The maximum Gasteiger partial charge on any atom is 0.270 e. The first-order valence-electron chi connectivity index (χ1n) is 12.3. The summed E-state index contributed by atoms with van der Waals surface area (Å²) in [5.74, 6) is -0.0251. The van der Waals surface area contributed by atoms with Gasteiger partial charge in [-0.3, -0.25) is 19.1 Å². The molecule has 2 heterocycles. The third-order valence-electron chi connectivity index (χ3n) is 6.01. The molecular formula is C27H31FN4O3S2. The number of nitrogens with one attached hydrogen (secondary N) is 1. The van der Waals surface area contributed by atoms with Gasteiger partial charge in [0.1, 0.15) is 27.6 Å². The summed E-state index contributed by atoms with van der Waals surface area (Å²) >= 11 is 6.67. The van der Waals surface area contributed by atoms with Gasteiger partial charge in [-0.25, -0.2) is 4.39 Å². The highest BCUT2D eigenvalue weighted by Gasteiger charge is 2.32. The van der Waals surface area contributed by atoms with Crippen molar-refractivity contribution in [2.45, 2.75) is 53.1 Å². The van der Waals surface area contributed by atoms with E-state index in [-0.39, 0.29) is 22.8 Å². The lowest BCUT2D eigenvalue weighted by Crippen LogP contribution is -2.30. The third-order valence-corrected chi connectivity index (χ3v) is 7.38. The van der Waals surface area contributed by atoms with E-state index >= 15 is 0 Å². The second-order valence-corrected chi connectivity index (χ2v) is 10.2. The number of ether oxygens (including phenoxy) is 1. The second kappa shape index (κ2) is 13.5. The van der Waals surface area contributed by atoms with E-state index in [9.17, 15) is 19.2 Å². The molecule has 1 N–H and O–H groups in total. The molecule has 1 saturated heterocycles. The Balaban J connectivity index is 2.05. The fraction of sp³-hybridized carbons (Fsp3) is 0.407. The Kier molecular flexibility index (Phi) is 10.4. The molecule has 1 amide bonds. The number of rotatable bonds is 12. The molecule has 1 aliphatic rings. The molecule has 0 spiro atoms. The van der Waals surface area contributed by atoms with Gasteiger partial charge < -0.3 is 10.1 Å². The molecule has 0 atom stereocenters. The predicted molar refractivity (Wildman–Crippen MR) is 150 cm³/mol. The van der Waals surface area contributed by atoms with E-state index in [4.69, 9.17) is 17.0 Å². The van der Waals surface area contributed by atoms with Crippen molar-refractivity contribution in [3.8, 4) is 6.07 Å². The van der Waals surface area contributed by atoms with Crippen molar-refractivity contribution >= 4 is 46.1 Å². The van der Waals surface area contributed by atoms with Gasteiger partial charge in [0, 0.05) is 38.4 Å². The van der Waals surface area contributed by atoms with E-state index in [1.165, 1.54) is 23.9 Å². The minimum absolute atomic E-state index is 0.0434. The van der Waals surface area contributed by atoms with E-state index < -0.39 is 0 Å². The third kappa shape index (κ3) is 6.86. The molecule has 196 valence electrons. The number of thioether (sulfide) groups is 1. The van der Waals surface area contributed by atoms with Crippen LogP contribution < -0.4 is 10.9 Å². The summed E-state index contributed by atoms with van der Waals surface area (Å²) in [7, 11) is 0. The monoisotopic (exact) mass is 542 g/mol. The maximum absolute atomic E-state index is 13.4. The number of benzene rings is 1. The zero-order chi connectivity index (χ0) is 26.9. The second-order valence-electron chi connectivity index (χ2n) is 8.55. The largest absolute Gasteiger partial charge is 0.382 e. The zero-order valence-electron chi connectivity index (χ0n) is 21.3. The van der Waals surface area contributed by atoms with Gasteiger partial charge in [0.25, 0.3) is 11.5 Å². The van der Waals surface area contributed by atoms with E-state index in [1.807, 2.05) is 19.9 Å². The number of aromatic nitrogens is 1. The summed E-state index contributed by atoms with van der Waals surface area (Å²) in [4.78, 5) is 28.5. The Hall–Kier alpha value is -3.00. The van der Waals surface area contributed by atoms with Crippen LogP contribution in [-0.4, -0.2) is 39.5 Å². The first-order valence-corrected chi connectivity index (χ1v) is 13.5. The van der Waals surface area contributed by atoms with Gasteiger partial charge in [0.2, 0.25) is 0 Å². The normalized spacial score (nSPS) is 14.5. The Morgan fingerprint density at radius 2 is 1.92 bits per heavy atom. The number of carbonyl (C=O) groups excluding carboxylic acids is 1. The molecule has 2 aromatic rings. The summed E-state index contributed by atoms with van der Waals surface area (Å²) in [6, 6.07) is 8.14. The lowest BCUT2D eigenvalue weighted by atomic mass is 10.0. The number of nitrogens with zero attached hydrogens (tertiary/aromatic N) is 3. The highest BCUT2D eigenvalue weighted by molar-refractivity contribution is 8.26. The van der Waals surface area contributed by atoms with Crippen molar-refractivity contribution in [3.63, 3.8) is 0 Å². The highest BCUT2D eigenvalue weighted by atomic mass is 32.2. The molecule has 0 bridgehead atoms. The number of nitriles is 1. The van der Waals surface area contributed by atoms with Gasteiger partial charge in [-0.1, -0.05) is 49.5 Å². The average Bonchev–Trinajstić information content (AvgIpc) is 3.15. The molecule has 0 saturated carbocycles. The minimum atomic E-state index is -0.379. The number of pyridine rings is 1. The van der Waals surface area contributed by atoms with Crippen LogP contribution in [0.15, 0.2) is 34.0 Å². The Morgan fingerprint density at radius 1 is 1.19 bits per heavy atom. The lowest BCUT2D eigenvalue weighted by Gasteiger charge is -2.20. The standard InChI is InChI=1S/C27H31FN4O3S2/c1-4-6-12-31-24(30-17-19-8-10-20(28)11-9-19)21(18(3)22(16-29)25(31)33)15-23-26(34)32(27(36)37-23)13-7-14-35-5-2/h8-11,15,30H,4-7,12-14,17H2,1-3H3/b23-15+. The number of hydrogen-bond donors (Lipinski definition) is 1. The maximum atomic E-state index is 13.4. The van der Waals surface area contributed by atoms with Crippen LogP contribution in [0, 0.1) is 24.1 Å². The molecule has 7 nitrogen and oxygen atoms in total. The number of carbonyl (C=O) groups is 1. The predicted octanol–water partition coefficient (Wildman–Crippen LogP) is 5.21. The van der Waals surface area contributed by atoms with E-state index in [0.29, 0.717) is 65.4 Å². The molecule has 10 heteroatoms. The molecule has 1 fully saturated rings. The van der Waals surface area contributed by atoms with Crippen molar-refractivity contribution in [1.82, 2.24) is 9.47 Å². The Morgan fingerprint density at radius 3 is 2.57 bits per heavy atom. The van der Waals surface area contributed by atoms with Crippen molar-refractivity contribution in [1.29, 1.82) is 5.26 Å². The van der Waals surface area contributed by atoms with Crippen LogP contribution in [0.3, 0.4) is 0 Å².